The number of aromatic nitrogens is 1. The normalized spacial score (nSPS) is 17.8. The number of anilines is 2. The second kappa shape index (κ2) is 12.3. The van der Waals surface area contributed by atoms with Gasteiger partial charge in [-0.1, -0.05) is 30.3 Å². The van der Waals surface area contributed by atoms with Gasteiger partial charge in [0.05, 0.1) is 17.1 Å². The zero-order valence-electron chi connectivity index (χ0n) is 20.9. The van der Waals surface area contributed by atoms with Crippen LogP contribution in [0.4, 0.5) is 26.5 Å². The molecule has 1 fully saturated rings. The molecule has 2 amide bonds. The SMILES string of the molecule is C[C@@H](Nc1ccc([N+](=O)[O-])c(NC(=O)NC2CCC(O)CC2)n1)c1cc(F)ccc1OCc1ccccc1. The number of nitrogens with one attached hydrogen (secondary N) is 3. The van der Waals surface area contributed by atoms with Gasteiger partial charge in [0.15, 0.2) is 0 Å². The van der Waals surface area contributed by atoms with Crippen molar-refractivity contribution in [3.63, 3.8) is 0 Å². The van der Waals surface area contributed by atoms with Crippen molar-refractivity contribution in [2.24, 2.45) is 0 Å². The van der Waals surface area contributed by atoms with Crippen LogP contribution in [0.3, 0.4) is 0 Å². The Hall–Kier alpha value is -4.25. The number of benzene rings is 2. The molecule has 4 N–H and O–H groups in total. The van der Waals surface area contributed by atoms with Gasteiger partial charge in [0.25, 0.3) is 0 Å². The molecular formula is C27H30FN5O5. The molecule has 1 aliphatic rings. The molecule has 200 valence electrons. The number of rotatable bonds is 9. The highest BCUT2D eigenvalue weighted by atomic mass is 19.1. The van der Waals surface area contributed by atoms with Gasteiger partial charge in [-0.15, -0.1) is 0 Å². The maximum Gasteiger partial charge on any atom is 0.320 e. The van der Waals surface area contributed by atoms with Crippen LogP contribution in [0.5, 0.6) is 5.75 Å². The van der Waals surface area contributed by atoms with E-state index in [0.29, 0.717) is 43.6 Å². The first-order chi connectivity index (χ1) is 18.3. The van der Waals surface area contributed by atoms with Gasteiger partial charge in [0, 0.05) is 17.7 Å². The fourth-order valence-corrected chi connectivity index (χ4v) is 4.34. The van der Waals surface area contributed by atoms with E-state index in [-0.39, 0.29) is 29.5 Å². The molecular weight excluding hydrogens is 493 g/mol. The molecule has 0 spiro atoms. The van der Waals surface area contributed by atoms with E-state index >= 15 is 0 Å². The maximum absolute atomic E-state index is 14.1. The largest absolute Gasteiger partial charge is 0.489 e. The second-order valence-corrected chi connectivity index (χ2v) is 9.25. The van der Waals surface area contributed by atoms with Gasteiger partial charge in [0.2, 0.25) is 5.82 Å². The molecule has 0 radical (unpaired) electrons. The van der Waals surface area contributed by atoms with Crippen molar-refractivity contribution < 1.29 is 24.0 Å². The zero-order chi connectivity index (χ0) is 27.1. The van der Waals surface area contributed by atoms with Gasteiger partial charge < -0.3 is 20.5 Å². The number of amides is 2. The van der Waals surface area contributed by atoms with Crippen molar-refractivity contribution in [1.82, 2.24) is 10.3 Å². The predicted molar refractivity (Wildman–Crippen MR) is 141 cm³/mol. The number of hydrogen-bond donors (Lipinski definition) is 4. The summed E-state index contributed by atoms with van der Waals surface area (Å²) in [6, 6.07) is 15.2. The third kappa shape index (κ3) is 7.16. The molecule has 1 heterocycles. The highest BCUT2D eigenvalue weighted by Crippen LogP contribution is 2.31. The molecule has 1 atom stereocenters. The lowest BCUT2D eigenvalue weighted by Gasteiger charge is -2.26. The minimum absolute atomic E-state index is 0.138. The summed E-state index contributed by atoms with van der Waals surface area (Å²) in [5.41, 5.74) is 1.13. The molecule has 0 bridgehead atoms. The Morgan fingerprint density at radius 2 is 1.89 bits per heavy atom. The lowest BCUT2D eigenvalue weighted by atomic mass is 9.93. The molecule has 38 heavy (non-hydrogen) atoms. The maximum atomic E-state index is 14.1. The highest BCUT2D eigenvalue weighted by Gasteiger charge is 2.24. The topological polar surface area (TPSA) is 139 Å². The van der Waals surface area contributed by atoms with Crippen molar-refractivity contribution in [3.05, 3.63) is 87.7 Å². The monoisotopic (exact) mass is 523 g/mol. The summed E-state index contributed by atoms with van der Waals surface area (Å²) in [6.45, 7) is 2.08. The van der Waals surface area contributed by atoms with E-state index in [2.05, 4.69) is 20.9 Å². The van der Waals surface area contributed by atoms with Crippen LogP contribution in [-0.2, 0) is 6.61 Å². The lowest BCUT2D eigenvalue weighted by molar-refractivity contribution is -0.384. The van der Waals surface area contributed by atoms with Gasteiger partial charge in [-0.25, -0.2) is 14.2 Å². The Labute approximate surface area is 219 Å². The van der Waals surface area contributed by atoms with Crippen LogP contribution in [0.2, 0.25) is 0 Å². The first-order valence-corrected chi connectivity index (χ1v) is 12.4. The first-order valence-electron chi connectivity index (χ1n) is 12.4. The van der Waals surface area contributed by atoms with Gasteiger partial charge in [-0.05, 0) is 62.4 Å². The van der Waals surface area contributed by atoms with Crippen LogP contribution < -0.4 is 20.7 Å². The van der Waals surface area contributed by atoms with Crippen LogP contribution >= 0.6 is 0 Å². The van der Waals surface area contributed by atoms with Crippen LogP contribution in [0, 0.1) is 15.9 Å². The molecule has 1 aromatic heterocycles. The number of carbonyl (C=O) groups excluding carboxylic acids is 1. The standard InChI is InChI=1S/C27H30FN5O5/c1-17(22-15-19(28)7-13-24(22)38-16-18-5-3-2-4-6-18)29-25-14-12-23(33(36)37)26(31-25)32-27(35)30-20-8-10-21(34)11-9-20/h2-7,12-15,17,20-21,34H,8-11,16H2,1H3,(H3,29,30,31,32,35)/t17-,20?,21?/m1/s1. The smallest absolute Gasteiger partial charge is 0.320 e. The Morgan fingerprint density at radius 1 is 1.16 bits per heavy atom. The van der Waals surface area contributed by atoms with Crippen LogP contribution in [-0.4, -0.2) is 33.2 Å². The van der Waals surface area contributed by atoms with E-state index in [1.165, 1.54) is 24.3 Å². The van der Waals surface area contributed by atoms with E-state index in [1.807, 2.05) is 30.3 Å². The molecule has 0 saturated heterocycles. The summed E-state index contributed by atoms with van der Waals surface area (Å²) < 4.78 is 20.1. The molecule has 11 heteroatoms. The molecule has 1 aliphatic carbocycles. The second-order valence-electron chi connectivity index (χ2n) is 9.25. The average Bonchev–Trinajstić information content (AvgIpc) is 2.89. The minimum atomic E-state index is -0.630. The molecule has 2 aromatic carbocycles. The van der Waals surface area contributed by atoms with Crippen LogP contribution in [0.25, 0.3) is 0 Å². The number of pyridine rings is 1. The van der Waals surface area contributed by atoms with Crippen molar-refractivity contribution >= 4 is 23.4 Å². The van der Waals surface area contributed by atoms with Crippen molar-refractivity contribution in [2.75, 3.05) is 10.6 Å². The van der Waals surface area contributed by atoms with Crippen LogP contribution in [0.1, 0.15) is 49.8 Å². The number of halogens is 1. The number of nitrogens with zero attached hydrogens (tertiary/aromatic N) is 2. The van der Waals surface area contributed by atoms with E-state index in [9.17, 15) is 24.4 Å². The van der Waals surface area contributed by atoms with E-state index in [4.69, 9.17) is 4.74 Å². The summed E-state index contributed by atoms with van der Waals surface area (Å²) in [4.78, 5) is 27.7. The molecule has 4 rings (SSSR count). The van der Waals surface area contributed by atoms with Gasteiger partial charge >= 0.3 is 11.7 Å². The van der Waals surface area contributed by atoms with Crippen molar-refractivity contribution in [1.29, 1.82) is 0 Å². The third-order valence-electron chi connectivity index (χ3n) is 6.37. The molecule has 0 aliphatic heterocycles. The number of carbonyl (C=O) groups is 1. The van der Waals surface area contributed by atoms with Gasteiger partial charge in [0.1, 0.15) is 24.0 Å². The quantitative estimate of drug-likeness (QED) is 0.220. The average molecular weight is 524 g/mol. The summed E-state index contributed by atoms with van der Waals surface area (Å²) in [7, 11) is 0. The highest BCUT2D eigenvalue weighted by molar-refractivity contribution is 5.91. The number of urea groups is 1. The fourth-order valence-electron chi connectivity index (χ4n) is 4.34. The first kappa shape index (κ1) is 26.8. The van der Waals surface area contributed by atoms with Crippen molar-refractivity contribution in [3.8, 4) is 5.75 Å². The molecule has 10 nitrogen and oxygen atoms in total. The molecule has 3 aromatic rings. The fraction of sp³-hybridized carbons (Fsp3) is 0.333. The van der Waals surface area contributed by atoms with Gasteiger partial charge in [-0.2, -0.15) is 0 Å². The summed E-state index contributed by atoms with van der Waals surface area (Å²) in [6.07, 6.45) is 2.03. The minimum Gasteiger partial charge on any atom is -0.489 e. The zero-order valence-corrected chi connectivity index (χ0v) is 20.9. The Bertz CT molecular complexity index is 1270. The summed E-state index contributed by atoms with van der Waals surface area (Å²) in [5, 5.41) is 29.5. The molecule has 0 unspecified atom stereocenters. The van der Waals surface area contributed by atoms with E-state index in [1.54, 1.807) is 13.0 Å². The summed E-state index contributed by atoms with van der Waals surface area (Å²) >= 11 is 0. The van der Waals surface area contributed by atoms with Gasteiger partial charge in [-0.3, -0.25) is 15.4 Å². The van der Waals surface area contributed by atoms with E-state index in [0.717, 1.165) is 5.56 Å². The van der Waals surface area contributed by atoms with E-state index < -0.39 is 22.8 Å². The number of ether oxygens (including phenoxy) is 1. The molecule has 1 saturated carbocycles. The number of hydrogen-bond acceptors (Lipinski definition) is 7. The Kier molecular flexibility index (Phi) is 8.70. The third-order valence-corrected chi connectivity index (χ3v) is 6.37. The van der Waals surface area contributed by atoms with Crippen molar-refractivity contribution in [2.45, 2.75) is 57.4 Å². The number of aliphatic hydroxyl groups is 1. The summed E-state index contributed by atoms with van der Waals surface area (Å²) in [5.74, 6) is 0.0666. The van der Waals surface area contributed by atoms with Crippen LogP contribution in [0.15, 0.2) is 60.7 Å². The Morgan fingerprint density at radius 3 is 2.61 bits per heavy atom. The number of aliphatic hydroxyl groups excluding tert-OH is 1. The number of nitro groups is 1. The lowest BCUT2D eigenvalue weighted by Crippen LogP contribution is -2.41. The Balaban J connectivity index is 1.47. The predicted octanol–water partition coefficient (Wildman–Crippen LogP) is 5.31.